The quantitative estimate of drug-likeness (QED) is 0.494. The van der Waals surface area contributed by atoms with Gasteiger partial charge < -0.3 is 16.2 Å². The van der Waals surface area contributed by atoms with Crippen molar-refractivity contribution in [1.82, 2.24) is 14.7 Å². The van der Waals surface area contributed by atoms with Crippen LogP contribution in [0, 0.1) is 0 Å². The highest BCUT2D eigenvalue weighted by atomic mass is 32.1. The van der Waals surface area contributed by atoms with Gasteiger partial charge in [-0.2, -0.15) is 0 Å². The number of aromatic nitrogens is 2. The van der Waals surface area contributed by atoms with Gasteiger partial charge in [0.2, 0.25) is 11.8 Å². The minimum Gasteiger partial charge on any atom is -0.480 e. The molecule has 0 radical (unpaired) electrons. The predicted molar refractivity (Wildman–Crippen MR) is 110 cm³/mol. The first-order chi connectivity index (χ1) is 13.9. The summed E-state index contributed by atoms with van der Waals surface area (Å²) in [4.78, 5) is 39.9. The van der Waals surface area contributed by atoms with E-state index in [0.29, 0.717) is 5.69 Å². The first-order valence-electron chi connectivity index (χ1n) is 9.22. The largest absolute Gasteiger partial charge is 0.480 e. The number of imidazole rings is 1. The first kappa shape index (κ1) is 20.5. The van der Waals surface area contributed by atoms with Gasteiger partial charge in [-0.3, -0.25) is 14.0 Å². The molecular formula is C20H22N4O4S. The van der Waals surface area contributed by atoms with E-state index in [9.17, 15) is 19.5 Å². The van der Waals surface area contributed by atoms with Gasteiger partial charge in [-0.05, 0) is 18.4 Å². The summed E-state index contributed by atoms with van der Waals surface area (Å²) >= 11 is 1.41. The number of amides is 2. The summed E-state index contributed by atoms with van der Waals surface area (Å²) in [5, 5.41) is 13.5. The summed E-state index contributed by atoms with van der Waals surface area (Å²) in [6.07, 6.45) is 2.69. The van der Waals surface area contributed by atoms with Crippen molar-refractivity contribution in [3.63, 3.8) is 0 Å². The highest BCUT2D eigenvalue weighted by Gasteiger charge is 2.21. The van der Waals surface area contributed by atoms with Crippen molar-refractivity contribution in [1.29, 1.82) is 0 Å². The van der Waals surface area contributed by atoms with Crippen molar-refractivity contribution in [2.24, 2.45) is 5.73 Å². The SMILES string of the molecule is CCc1ccc(-c2cn3c(CC(=O)NC(CCC(N)=O)C(=O)O)csc3n2)cc1. The number of carbonyl (C=O) groups is 3. The molecule has 1 unspecified atom stereocenters. The molecule has 0 aliphatic carbocycles. The maximum absolute atomic E-state index is 12.3. The number of benzene rings is 1. The molecule has 1 atom stereocenters. The summed E-state index contributed by atoms with van der Waals surface area (Å²) < 4.78 is 1.84. The smallest absolute Gasteiger partial charge is 0.326 e. The fourth-order valence-corrected chi connectivity index (χ4v) is 3.83. The van der Waals surface area contributed by atoms with Crippen molar-refractivity contribution >= 4 is 34.1 Å². The molecule has 9 heteroatoms. The number of fused-ring (bicyclic) bond motifs is 1. The van der Waals surface area contributed by atoms with E-state index in [4.69, 9.17) is 5.73 Å². The van der Waals surface area contributed by atoms with Crippen LogP contribution in [0.15, 0.2) is 35.8 Å². The van der Waals surface area contributed by atoms with Gasteiger partial charge in [0.25, 0.3) is 0 Å². The Morgan fingerprint density at radius 2 is 2.00 bits per heavy atom. The Hall–Kier alpha value is -3.20. The maximum atomic E-state index is 12.3. The lowest BCUT2D eigenvalue weighted by molar-refractivity contribution is -0.142. The minimum atomic E-state index is -1.20. The normalized spacial score (nSPS) is 12.0. The van der Waals surface area contributed by atoms with E-state index in [1.165, 1.54) is 16.9 Å². The van der Waals surface area contributed by atoms with Gasteiger partial charge >= 0.3 is 5.97 Å². The van der Waals surface area contributed by atoms with Crippen LogP contribution in [-0.2, 0) is 27.2 Å². The van der Waals surface area contributed by atoms with E-state index in [1.54, 1.807) is 0 Å². The molecule has 0 saturated heterocycles. The second kappa shape index (κ2) is 8.87. The summed E-state index contributed by atoms with van der Waals surface area (Å²) in [6.45, 7) is 2.10. The number of carboxylic acid groups (broad SMARTS) is 1. The molecule has 0 aliphatic rings. The van der Waals surface area contributed by atoms with E-state index in [-0.39, 0.29) is 19.3 Å². The number of nitrogens with two attached hydrogens (primary N) is 1. The van der Waals surface area contributed by atoms with Crippen molar-refractivity contribution in [3.8, 4) is 11.3 Å². The van der Waals surface area contributed by atoms with E-state index in [2.05, 4.69) is 29.4 Å². The third-order valence-electron chi connectivity index (χ3n) is 4.60. The van der Waals surface area contributed by atoms with Crippen LogP contribution in [-0.4, -0.2) is 38.3 Å². The fourth-order valence-electron chi connectivity index (χ4n) is 2.96. The van der Waals surface area contributed by atoms with Crippen molar-refractivity contribution in [2.45, 2.75) is 38.6 Å². The van der Waals surface area contributed by atoms with Gasteiger partial charge in [0.1, 0.15) is 6.04 Å². The van der Waals surface area contributed by atoms with Crippen LogP contribution in [0.1, 0.15) is 31.0 Å². The highest BCUT2D eigenvalue weighted by molar-refractivity contribution is 7.15. The molecule has 152 valence electrons. The van der Waals surface area contributed by atoms with Crippen molar-refractivity contribution in [2.75, 3.05) is 0 Å². The third-order valence-corrected chi connectivity index (χ3v) is 5.48. The van der Waals surface area contributed by atoms with Crippen molar-refractivity contribution in [3.05, 3.63) is 47.1 Å². The zero-order chi connectivity index (χ0) is 21.0. The Balaban J connectivity index is 1.72. The molecule has 2 heterocycles. The number of carbonyl (C=O) groups excluding carboxylic acids is 2. The number of aliphatic carboxylic acids is 1. The van der Waals surface area contributed by atoms with Gasteiger partial charge in [0.15, 0.2) is 4.96 Å². The summed E-state index contributed by atoms with van der Waals surface area (Å²) in [7, 11) is 0. The highest BCUT2D eigenvalue weighted by Crippen LogP contribution is 2.24. The number of rotatable bonds is 9. The molecule has 8 nitrogen and oxygen atoms in total. The van der Waals surface area contributed by atoms with Gasteiger partial charge in [-0.25, -0.2) is 9.78 Å². The number of carboxylic acids is 1. The van der Waals surface area contributed by atoms with E-state index in [1.807, 2.05) is 28.1 Å². The molecule has 3 rings (SSSR count). The van der Waals surface area contributed by atoms with Gasteiger partial charge in [-0.15, -0.1) is 11.3 Å². The zero-order valence-corrected chi connectivity index (χ0v) is 16.7. The van der Waals surface area contributed by atoms with Crippen LogP contribution in [0.3, 0.4) is 0 Å². The Kier molecular flexibility index (Phi) is 6.28. The molecule has 0 fully saturated rings. The van der Waals surface area contributed by atoms with Gasteiger partial charge in [0, 0.05) is 29.3 Å². The number of aryl methyl sites for hydroxylation is 1. The average molecular weight is 414 g/mol. The van der Waals surface area contributed by atoms with E-state index < -0.39 is 23.8 Å². The maximum Gasteiger partial charge on any atom is 0.326 e. The van der Waals surface area contributed by atoms with E-state index >= 15 is 0 Å². The Labute approximate surface area is 171 Å². The number of hydrogen-bond acceptors (Lipinski definition) is 5. The number of nitrogens with zero attached hydrogens (tertiary/aromatic N) is 2. The molecule has 2 aromatic heterocycles. The molecule has 1 aromatic carbocycles. The third kappa shape index (κ3) is 5.00. The van der Waals surface area contributed by atoms with Gasteiger partial charge in [-0.1, -0.05) is 31.2 Å². The van der Waals surface area contributed by atoms with Crippen LogP contribution in [0.4, 0.5) is 0 Å². The predicted octanol–water partition coefficient (Wildman–Crippen LogP) is 2.00. The molecule has 29 heavy (non-hydrogen) atoms. The van der Waals surface area contributed by atoms with E-state index in [0.717, 1.165) is 22.6 Å². The van der Waals surface area contributed by atoms with Crippen molar-refractivity contribution < 1.29 is 19.5 Å². The van der Waals surface area contributed by atoms with Crippen LogP contribution in [0.2, 0.25) is 0 Å². The monoisotopic (exact) mass is 414 g/mol. The van der Waals surface area contributed by atoms with Crippen LogP contribution >= 0.6 is 11.3 Å². The Morgan fingerprint density at radius 1 is 1.28 bits per heavy atom. The molecule has 0 bridgehead atoms. The lowest BCUT2D eigenvalue weighted by atomic mass is 10.1. The second-order valence-corrected chi connectivity index (χ2v) is 7.53. The average Bonchev–Trinajstić information content (AvgIpc) is 3.27. The summed E-state index contributed by atoms with van der Waals surface area (Å²) in [5.41, 5.74) is 8.82. The molecule has 0 aliphatic heterocycles. The molecule has 0 saturated carbocycles. The lowest BCUT2D eigenvalue weighted by Gasteiger charge is -2.13. The zero-order valence-electron chi connectivity index (χ0n) is 15.9. The van der Waals surface area contributed by atoms with Gasteiger partial charge in [0.05, 0.1) is 12.1 Å². The number of thiazole rings is 1. The lowest BCUT2D eigenvalue weighted by Crippen LogP contribution is -2.42. The van der Waals surface area contributed by atoms with Crippen LogP contribution < -0.4 is 11.1 Å². The summed E-state index contributed by atoms with van der Waals surface area (Å²) in [5.74, 6) is -2.25. The number of primary amides is 1. The Bertz CT molecular complexity index is 1040. The van der Waals surface area contributed by atoms with Crippen LogP contribution in [0.25, 0.3) is 16.2 Å². The van der Waals surface area contributed by atoms with Crippen LogP contribution in [0.5, 0.6) is 0 Å². The second-order valence-electron chi connectivity index (χ2n) is 6.70. The molecule has 3 aromatic rings. The first-order valence-corrected chi connectivity index (χ1v) is 10.1. The molecule has 4 N–H and O–H groups in total. The fraction of sp³-hybridized carbons (Fsp3) is 0.300. The Morgan fingerprint density at radius 3 is 2.62 bits per heavy atom. The summed E-state index contributed by atoms with van der Waals surface area (Å²) in [6, 6.07) is 7.02. The standard InChI is InChI=1S/C20H22N4O4S/c1-2-12-3-5-13(6-4-12)16-10-24-14(11-29-20(24)23-16)9-18(26)22-15(19(27)28)7-8-17(21)25/h3-6,10-11,15H,2,7-9H2,1H3,(H2,21,25)(H,22,26)(H,27,28). The number of nitrogens with one attached hydrogen (secondary N) is 1. The minimum absolute atomic E-state index is 0.00488. The molecular weight excluding hydrogens is 392 g/mol. The molecule has 0 spiro atoms. The molecule has 2 amide bonds. The number of hydrogen-bond donors (Lipinski definition) is 3. The topological polar surface area (TPSA) is 127 Å².